The molecule has 0 bridgehead atoms. The summed E-state index contributed by atoms with van der Waals surface area (Å²) in [6.45, 7) is 5.13. The number of pyridine rings is 1. The number of rotatable bonds is 4. The van der Waals surface area contributed by atoms with E-state index in [0.29, 0.717) is 34.1 Å². The van der Waals surface area contributed by atoms with Gasteiger partial charge in [-0.25, -0.2) is 4.98 Å². The largest absolute Gasteiger partial charge is 0.438 e. The van der Waals surface area contributed by atoms with Crippen LogP contribution < -0.4 is 4.74 Å². The second-order valence-corrected chi connectivity index (χ2v) is 8.28. The fourth-order valence-electron chi connectivity index (χ4n) is 3.84. The van der Waals surface area contributed by atoms with E-state index in [1.807, 2.05) is 43.1 Å². The first kappa shape index (κ1) is 21.0. The summed E-state index contributed by atoms with van der Waals surface area (Å²) in [5, 5.41) is 5.02. The Morgan fingerprint density at radius 3 is 2.61 bits per heavy atom. The Morgan fingerprint density at radius 1 is 1.03 bits per heavy atom. The number of fused-ring (bicyclic) bond motifs is 1. The zero-order valence-electron chi connectivity index (χ0n) is 18.9. The van der Waals surface area contributed by atoms with Gasteiger partial charge in [0.1, 0.15) is 11.1 Å². The van der Waals surface area contributed by atoms with Crippen molar-refractivity contribution in [2.24, 2.45) is 7.05 Å². The first-order chi connectivity index (χ1) is 16.0. The fraction of sp³-hybridized carbons (Fsp3) is 0.292. The number of carbonyl (C=O) groups excluding carboxylic acids is 1. The molecule has 9 heteroatoms. The van der Waals surface area contributed by atoms with Crippen molar-refractivity contribution in [1.82, 2.24) is 34.5 Å². The molecule has 0 saturated carbocycles. The quantitative estimate of drug-likeness (QED) is 0.479. The highest BCUT2D eigenvalue weighted by atomic mass is 16.5. The van der Waals surface area contributed by atoms with Gasteiger partial charge in [0.25, 0.3) is 5.91 Å². The molecule has 1 amide bonds. The normalized spacial score (nSPS) is 14.6. The summed E-state index contributed by atoms with van der Waals surface area (Å²) in [7, 11) is 3.90. The van der Waals surface area contributed by atoms with E-state index in [1.165, 1.54) is 0 Å². The van der Waals surface area contributed by atoms with Crippen molar-refractivity contribution >= 4 is 16.9 Å². The molecule has 0 N–H and O–H groups in total. The van der Waals surface area contributed by atoms with Crippen LogP contribution in [0, 0.1) is 6.92 Å². The molecule has 0 unspecified atom stereocenters. The maximum absolute atomic E-state index is 13.1. The van der Waals surface area contributed by atoms with Crippen LogP contribution >= 0.6 is 0 Å². The Hall–Kier alpha value is -3.85. The summed E-state index contributed by atoms with van der Waals surface area (Å²) in [4.78, 5) is 30.7. The monoisotopic (exact) mass is 443 g/mol. The number of aromatic nitrogens is 5. The SMILES string of the molecule is Cc1ccc(C(=O)N2CCN(C)CC2)cc1Oc1nc(-c2cccnc2)nc2c1cnn2C. The molecule has 0 radical (unpaired) electrons. The summed E-state index contributed by atoms with van der Waals surface area (Å²) in [5.41, 5.74) is 2.94. The van der Waals surface area contributed by atoms with Crippen LogP contribution in [-0.4, -0.2) is 73.7 Å². The van der Waals surface area contributed by atoms with E-state index < -0.39 is 0 Å². The van der Waals surface area contributed by atoms with Gasteiger partial charge in [-0.3, -0.25) is 14.5 Å². The molecule has 168 valence electrons. The Kier molecular flexibility index (Phi) is 5.47. The molecule has 5 rings (SSSR count). The van der Waals surface area contributed by atoms with Crippen LogP contribution in [0.25, 0.3) is 22.4 Å². The number of amides is 1. The van der Waals surface area contributed by atoms with Crippen molar-refractivity contribution in [3.05, 3.63) is 60.0 Å². The second-order valence-electron chi connectivity index (χ2n) is 8.28. The molecule has 4 heterocycles. The van der Waals surface area contributed by atoms with Crippen molar-refractivity contribution < 1.29 is 9.53 Å². The zero-order chi connectivity index (χ0) is 22.9. The van der Waals surface area contributed by atoms with E-state index in [-0.39, 0.29) is 5.91 Å². The molecule has 0 atom stereocenters. The third-order valence-corrected chi connectivity index (χ3v) is 5.91. The molecule has 33 heavy (non-hydrogen) atoms. The van der Waals surface area contributed by atoms with Gasteiger partial charge in [0.2, 0.25) is 5.88 Å². The lowest BCUT2D eigenvalue weighted by atomic mass is 10.1. The number of likely N-dealkylation sites (N-methyl/N-ethyl adjacent to an activating group) is 1. The molecule has 0 aliphatic carbocycles. The predicted octanol–water partition coefficient (Wildman–Crippen LogP) is 2.91. The molecule has 9 nitrogen and oxygen atoms in total. The van der Waals surface area contributed by atoms with E-state index in [1.54, 1.807) is 29.3 Å². The molecule has 1 fully saturated rings. The standard InChI is InChI=1S/C24H25N7O2/c1-16-6-7-17(24(32)31-11-9-29(2)10-12-31)13-20(16)33-23-19-15-26-30(3)22(19)27-21(28-23)18-5-4-8-25-14-18/h4-8,13-15H,9-12H2,1-3H3. The number of piperazine rings is 1. The molecule has 1 aliphatic heterocycles. The van der Waals surface area contributed by atoms with Crippen LogP contribution in [0.4, 0.5) is 0 Å². The van der Waals surface area contributed by atoms with Gasteiger partial charge in [-0.05, 0) is 43.8 Å². The van der Waals surface area contributed by atoms with E-state index in [2.05, 4.69) is 32.0 Å². The van der Waals surface area contributed by atoms with Gasteiger partial charge in [0.05, 0.1) is 6.20 Å². The van der Waals surface area contributed by atoms with Gasteiger partial charge in [-0.15, -0.1) is 0 Å². The Bertz CT molecular complexity index is 1310. The van der Waals surface area contributed by atoms with Gasteiger partial charge in [-0.2, -0.15) is 10.1 Å². The number of hydrogen-bond donors (Lipinski definition) is 0. The van der Waals surface area contributed by atoms with Gasteiger partial charge >= 0.3 is 0 Å². The minimum atomic E-state index is 0.0122. The second kappa shape index (κ2) is 8.59. The van der Waals surface area contributed by atoms with E-state index in [0.717, 1.165) is 37.3 Å². The van der Waals surface area contributed by atoms with Crippen LogP contribution in [0.1, 0.15) is 15.9 Å². The van der Waals surface area contributed by atoms with Crippen LogP contribution in [0.5, 0.6) is 11.6 Å². The van der Waals surface area contributed by atoms with Gasteiger partial charge in [-0.1, -0.05) is 6.07 Å². The molecule has 0 spiro atoms. The average molecular weight is 444 g/mol. The van der Waals surface area contributed by atoms with E-state index in [4.69, 9.17) is 4.74 Å². The highest BCUT2D eigenvalue weighted by Crippen LogP contribution is 2.32. The number of hydrogen-bond acceptors (Lipinski definition) is 7. The third kappa shape index (κ3) is 4.14. The maximum Gasteiger partial charge on any atom is 0.254 e. The third-order valence-electron chi connectivity index (χ3n) is 5.91. The van der Waals surface area contributed by atoms with Crippen LogP contribution in [0.15, 0.2) is 48.9 Å². The van der Waals surface area contributed by atoms with Crippen LogP contribution in [-0.2, 0) is 7.05 Å². The average Bonchev–Trinajstić information content (AvgIpc) is 3.22. The van der Waals surface area contributed by atoms with Crippen molar-refractivity contribution in [3.63, 3.8) is 0 Å². The van der Waals surface area contributed by atoms with Gasteiger partial charge < -0.3 is 14.5 Å². The zero-order valence-corrected chi connectivity index (χ0v) is 18.9. The topological polar surface area (TPSA) is 89.3 Å². The lowest BCUT2D eigenvalue weighted by Crippen LogP contribution is -2.47. The summed E-state index contributed by atoms with van der Waals surface area (Å²) in [6, 6.07) is 9.29. The Labute approximate surface area is 191 Å². The molecule has 4 aromatic rings. The lowest BCUT2D eigenvalue weighted by molar-refractivity contribution is 0.0664. The highest BCUT2D eigenvalue weighted by Gasteiger charge is 2.22. The minimum absolute atomic E-state index is 0.0122. The van der Waals surface area contributed by atoms with Crippen LogP contribution in [0.3, 0.4) is 0 Å². The smallest absolute Gasteiger partial charge is 0.254 e. The Morgan fingerprint density at radius 2 is 1.85 bits per heavy atom. The van der Waals surface area contributed by atoms with Crippen molar-refractivity contribution in [2.75, 3.05) is 33.2 Å². The molecular formula is C24H25N7O2. The van der Waals surface area contributed by atoms with Gasteiger partial charge in [0.15, 0.2) is 11.5 Å². The molecule has 3 aromatic heterocycles. The van der Waals surface area contributed by atoms with Crippen molar-refractivity contribution in [2.45, 2.75) is 6.92 Å². The number of ether oxygens (including phenoxy) is 1. The molecule has 1 saturated heterocycles. The molecular weight excluding hydrogens is 418 g/mol. The predicted molar refractivity (Wildman–Crippen MR) is 124 cm³/mol. The fourth-order valence-corrected chi connectivity index (χ4v) is 3.84. The number of benzene rings is 1. The lowest BCUT2D eigenvalue weighted by Gasteiger charge is -2.32. The first-order valence-electron chi connectivity index (χ1n) is 10.9. The van der Waals surface area contributed by atoms with Crippen molar-refractivity contribution in [3.8, 4) is 23.0 Å². The molecule has 1 aliphatic rings. The summed E-state index contributed by atoms with van der Waals surface area (Å²) in [6.07, 6.45) is 5.10. The molecule has 1 aromatic carbocycles. The minimum Gasteiger partial charge on any atom is -0.438 e. The Balaban J connectivity index is 1.51. The van der Waals surface area contributed by atoms with Gasteiger partial charge in [0, 0.05) is 56.7 Å². The van der Waals surface area contributed by atoms with Crippen LogP contribution in [0.2, 0.25) is 0 Å². The highest BCUT2D eigenvalue weighted by molar-refractivity contribution is 5.95. The summed E-state index contributed by atoms with van der Waals surface area (Å²) < 4.78 is 7.97. The first-order valence-corrected chi connectivity index (χ1v) is 10.9. The van der Waals surface area contributed by atoms with Crippen molar-refractivity contribution in [1.29, 1.82) is 0 Å². The van der Waals surface area contributed by atoms with E-state index >= 15 is 0 Å². The summed E-state index contributed by atoms with van der Waals surface area (Å²) >= 11 is 0. The number of carbonyl (C=O) groups is 1. The number of nitrogens with zero attached hydrogens (tertiary/aromatic N) is 7. The summed E-state index contributed by atoms with van der Waals surface area (Å²) in [5.74, 6) is 1.48. The maximum atomic E-state index is 13.1. The van der Waals surface area contributed by atoms with E-state index in [9.17, 15) is 4.79 Å². The number of aryl methyl sites for hydroxylation is 2.